The van der Waals surface area contributed by atoms with Gasteiger partial charge in [-0.2, -0.15) is 0 Å². The minimum Gasteiger partial charge on any atom is -0.460 e. The van der Waals surface area contributed by atoms with E-state index in [0.29, 0.717) is 39.2 Å². The predicted octanol–water partition coefficient (Wildman–Crippen LogP) is 13.4. The number of esters is 1. The van der Waals surface area contributed by atoms with E-state index in [1.54, 1.807) is 7.11 Å². The van der Waals surface area contributed by atoms with Crippen LogP contribution in [0.4, 0.5) is 0 Å². The Morgan fingerprint density at radius 3 is 1.22 bits per heavy atom. The van der Waals surface area contributed by atoms with E-state index >= 15 is 0 Å². The fraction of sp³-hybridized carbons (Fsp3) is 0.956. The Bertz CT molecular complexity index is 702. The van der Waals surface area contributed by atoms with Crippen molar-refractivity contribution in [3.05, 3.63) is 0 Å². The Kier molecular flexibility index (Phi) is 42.3. The lowest BCUT2D eigenvalue weighted by Crippen LogP contribution is -2.35. The number of methoxy groups -OCH3 is 1. The van der Waals surface area contributed by atoms with Crippen molar-refractivity contribution in [2.24, 2.45) is 0 Å². The Balaban J connectivity index is 4.04. The third-order valence-corrected chi connectivity index (χ3v) is 10.3. The SMILES string of the molecule is CCCCCCCCCCCCCCCCCCCC(CNC(=O)CCOCCOC)OC(=O)CCCCCCCCCCCCCCCCC. The predicted molar refractivity (Wildman–Crippen MR) is 219 cm³/mol. The molecule has 6 nitrogen and oxygen atoms in total. The Morgan fingerprint density at radius 1 is 0.451 bits per heavy atom. The zero-order valence-electron chi connectivity index (χ0n) is 34.7. The fourth-order valence-corrected chi connectivity index (χ4v) is 6.91. The molecule has 1 unspecified atom stereocenters. The van der Waals surface area contributed by atoms with Crippen molar-refractivity contribution in [3.8, 4) is 0 Å². The van der Waals surface area contributed by atoms with Gasteiger partial charge in [0, 0.05) is 20.0 Å². The molecule has 0 aromatic heterocycles. The van der Waals surface area contributed by atoms with Crippen molar-refractivity contribution in [2.75, 3.05) is 33.5 Å². The monoisotopic (exact) mass is 724 g/mol. The second-order valence-electron chi connectivity index (χ2n) is 15.4. The molecule has 0 fully saturated rings. The molecule has 1 atom stereocenters. The average Bonchev–Trinajstić information content (AvgIpc) is 3.13. The summed E-state index contributed by atoms with van der Waals surface area (Å²) in [5, 5.41) is 2.98. The van der Waals surface area contributed by atoms with E-state index in [1.165, 1.54) is 180 Å². The first-order chi connectivity index (χ1) is 25.1. The maximum absolute atomic E-state index is 12.7. The van der Waals surface area contributed by atoms with E-state index in [-0.39, 0.29) is 18.0 Å². The van der Waals surface area contributed by atoms with Crippen molar-refractivity contribution in [3.63, 3.8) is 0 Å². The first-order valence-electron chi connectivity index (χ1n) is 22.7. The van der Waals surface area contributed by atoms with Crippen molar-refractivity contribution in [1.29, 1.82) is 0 Å². The fourth-order valence-electron chi connectivity index (χ4n) is 6.91. The van der Waals surface area contributed by atoms with Gasteiger partial charge in [0.2, 0.25) is 5.91 Å². The minimum absolute atomic E-state index is 0.0571. The van der Waals surface area contributed by atoms with Crippen molar-refractivity contribution < 1.29 is 23.8 Å². The summed E-state index contributed by atoms with van der Waals surface area (Å²) in [6, 6.07) is 0. The van der Waals surface area contributed by atoms with Gasteiger partial charge in [-0.25, -0.2) is 0 Å². The van der Waals surface area contributed by atoms with Gasteiger partial charge < -0.3 is 19.5 Å². The zero-order chi connectivity index (χ0) is 37.1. The molecular formula is C45H89NO5. The summed E-state index contributed by atoms with van der Waals surface area (Å²) in [5.74, 6) is -0.169. The van der Waals surface area contributed by atoms with Crippen LogP contribution in [0, 0.1) is 0 Å². The van der Waals surface area contributed by atoms with Crippen LogP contribution in [0.15, 0.2) is 0 Å². The third-order valence-electron chi connectivity index (χ3n) is 10.3. The highest BCUT2D eigenvalue weighted by Crippen LogP contribution is 2.17. The highest BCUT2D eigenvalue weighted by molar-refractivity contribution is 5.76. The van der Waals surface area contributed by atoms with Crippen LogP contribution < -0.4 is 5.32 Å². The summed E-state index contributed by atoms with van der Waals surface area (Å²) in [5.41, 5.74) is 0. The van der Waals surface area contributed by atoms with Crippen LogP contribution in [0.3, 0.4) is 0 Å². The molecule has 304 valence electrons. The average molecular weight is 724 g/mol. The molecule has 0 spiro atoms. The van der Waals surface area contributed by atoms with Gasteiger partial charge in [0.15, 0.2) is 0 Å². The summed E-state index contributed by atoms with van der Waals surface area (Å²) < 4.78 is 16.3. The Morgan fingerprint density at radius 2 is 0.824 bits per heavy atom. The van der Waals surface area contributed by atoms with E-state index in [0.717, 1.165) is 32.1 Å². The highest BCUT2D eigenvalue weighted by atomic mass is 16.5. The molecule has 0 aliphatic rings. The normalized spacial score (nSPS) is 12.0. The largest absolute Gasteiger partial charge is 0.460 e. The van der Waals surface area contributed by atoms with Crippen LogP contribution in [-0.2, 0) is 23.8 Å². The zero-order valence-corrected chi connectivity index (χ0v) is 34.7. The first kappa shape index (κ1) is 49.9. The molecule has 0 aliphatic carbocycles. The van der Waals surface area contributed by atoms with Gasteiger partial charge in [0.05, 0.1) is 26.4 Å². The minimum atomic E-state index is -0.247. The van der Waals surface area contributed by atoms with Crippen LogP contribution >= 0.6 is 0 Å². The van der Waals surface area contributed by atoms with E-state index in [4.69, 9.17) is 14.2 Å². The van der Waals surface area contributed by atoms with Crippen LogP contribution in [0.25, 0.3) is 0 Å². The molecule has 0 aromatic rings. The lowest BCUT2D eigenvalue weighted by atomic mass is 10.0. The van der Waals surface area contributed by atoms with E-state index in [1.807, 2.05) is 0 Å². The van der Waals surface area contributed by atoms with E-state index in [9.17, 15) is 9.59 Å². The van der Waals surface area contributed by atoms with Crippen molar-refractivity contribution in [1.82, 2.24) is 5.32 Å². The molecule has 0 saturated carbocycles. The molecule has 0 radical (unpaired) electrons. The smallest absolute Gasteiger partial charge is 0.306 e. The Hall–Kier alpha value is -1.14. The third kappa shape index (κ3) is 41.5. The summed E-state index contributed by atoms with van der Waals surface area (Å²) in [4.78, 5) is 25.1. The van der Waals surface area contributed by atoms with E-state index in [2.05, 4.69) is 19.2 Å². The second-order valence-corrected chi connectivity index (χ2v) is 15.4. The van der Waals surface area contributed by atoms with E-state index < -0.39 is 0 Å². The number of nitrogens with one attached hydrogen (secondary N) is 1. The molecule has 0 aromatic carbocycles. The quantitative estimate of drug-likeness (QED) is 0.0501. The number of hydrogen-bond donors (Lipinski definition) is 1. The van der Waals surface area contributed by atoms with Crippen molar-refractivity contribution in [2.45, 2.75) is 245 Å². The lowest BCUT2D eigenvalue weighted by Gasteiger charge is -2.19. The maximum atomic E-state index is 12.7. The summed E-state index contributed by atoms with van der Waals surface area (Å²) >= 11 is 0. The number of unbranched alkanes of at least 4 members (excludes halogenated alkanes) is 30. The highest BCUT2D eigenvalue weighted by Gasteiger charge is 2.16. The van der Waals surface area contributed by atoms with Crippen LogP contribution in [0.2, 0.25) is 0 Å². The van der Waals surface area contributed by atoms with Gasteiger partial charge in [0.1, 0.15) is 6.10 Å². The summed E-state index contributed by atoms with van der Waals surface area (Å²) in [6.07, 6.45) is 44.0. The molecular weight excluding hydrogens is 634 g/mol. The first-order valence-corrected chi connectivity index (χ1v) is 22.7. The van der Waals surface area contributed by atoms with Gasteiger partial charge in [-0.3, -0.25) is 9.59 Å². The van der Waals surface area contributed by atoms with Gasteiger partial charge in [0.25, 0.3) is 0 Å². The number of hydrogen-bond acceptors (Lipinski definition) is 5. The summed E-state index contributed by atoms with van der Waals surface area (Å²) in [6.45, 7) is 6.34. The van der Waals surface area contributed by atoms with Gasteiger partial charge in [-0.15, -0.1) is 0 Å². The second kappa shape index (κ2) is 43.3. The number of ether oxygens (including phenoxy) is 3. The summed E-state index contributed by atoms with van der Waals surface area (Å²) in [7, 11) is 1.64. The molecule has 51 heavy (non-hydrogen) atoms. The molecule has 1 amide bonds. The number of carbonyl (C=O) groups is 2. The van der Waals surface area contributed by atoms with Gasteiger partial charge in [-0.05, 0) is 19.3 Å². The van der Waals surface area contributed by atoms with Crippen molar-refractivity contribution >= 4 is 11.9 Å². The molecule has 0 aliphatic heterocycles. The topological polar surface area (TPSA) is 73.9 Å². The molecule has 6 heteroatoms. The molecule has 0 bridgehead atoms. The number of rotatable bonds is 43. The van der Waals surface area contributed by atoms with Crippen LogP contribution in [0.1, 0.15) is 239 Å². The maximum Gasteiger partial charge on any atom is 0.306 e. The Labute approximate surface area is 318 Å². The molecule has 1 N–H and O–H groups in total. The molecule has 0 saturated heterocycles. The van der Waals surface area contributed by atoms with Gasteiger partial charge in [-0.1, -0.05) is 206 Å². The lowest BCUT2D eigenvalue weighted by molar-refractivity contribution is -0.150. The standard InChI is InChI=1S/C45H89NO5/c1-4-6-8-10-12-14-16-18-20-21-23-24-26-28-30-32-34-36-43(42-46-44(47)38-39-50-41-40-49-3)51-45(48)37-35-33-31-29-27-25-22-19-17-15-13-11-9-7-5-2/h43H,4-42H2,1-3H3,(H,46,47). The number of amides is 1. The number of carbonyl (C=O) groups excluding carboxylic acids is 2. The van der Waals surface area contributed by atoms with Gasteiger partial charge >= 0.3 is 5.97 Å². The van der Waals surface area contributed by atoms with Crippen LogP contribution in [-0.4, -0.2) is 51.5 Å². The molecule has 0 rings (SSSR count). The van der Waals surface area contributed by atoms with Crippen LogP contribution in [0.5, 0.6) is 0 Å². The molecule has 0 heterocycles.